The van der Waals surface area contributed by atoms with E-state index < -0.39 is 23.9 Å². The van der Waals surface area contributed by atoms with E-state index in [1.807, 2.05) is 0 Å². The molecule has 120 valence electrons. The van der Waals surface area contributed by atoms with Crippen molar-refractivity contribution < 1.29 is 23.8 Å². The fraction of sp³-hybridized carbons (Fsp3) is 0.467. The molecule has 0 aliphatic carbocycles. The fourth-order valence-corrected chi connectivity index (χ4v) is 2.00. The Morgan fingerprint density at radius 2 is 2.18 bits per heavy atom. The minimum Gasteiger partial charge on any atom is -0.490 e. The van der Waals surface area contributed by atoms with Crippen molar-refractivity contribution in [3.8, 4) is 5.75 Å². The maximum Gasteiger partial charge on any atom is 0.419 e. The first-order valence-electron chi connectivity index (χ1n) is 6.84. The summed E-state index contributed by atoms with van der Waals surface area (Å²) in [5.74, 6) is 0.569. The second-order valence-corrected chi connectivity index (χ2v) is 6.30. The molecule has 0 aromatic heterocycles. The van der Waals surface area contributed by atoms with E-state index in [-0.39, 0.29) is 13.2 Å². The summed E-state index contributed by atoms with van der Waals surface area (Å²) < 4.78 is 15.7. The number of amides is 2. The molecule has 1 unspecified atom stereocenters. The number of carbonyl (C=O) groups is 2. The molecule has 1 aliphatic rings. The molecule has 7 heteroatoms. The molecule has 1 atom stereocenters. The molecule has 1 fully saturated rings. The Hall–Kier alpha value is -1.95. The van der Waals surface area contributed by atoms with Crippen LogP contribution in [0.15, 0.2) is 24.3 Å². The van der Waals surface area contributed by atoms with Crippen LogP contribution >= 0.6 is 11.6 Å². The van der Waals surface area contributed by atoms with Gasteiger partial charge in [-0.2, -0.15) is 0 Å². The molecule has 1 saturated heterocycles. The molecule has 22 heavy (non-hydrogen) atoms. The first kappa shape index (κ1) is 16.4. The number of carbonyl (C=O) groups excluding carboxylic acids is 2. The van der Waals surface area contributed by atoms with Crippen LogP contribution in [0.3, 0.4) is 0 Å². The first-order chi connectivity index (χ1) is 10.2. The van der Waals surface area contributed by atoms with Gasteiger partial charge < -0.3 is 14.2 Å². The molecule has 0 radical (unpaired) electrons. The van der Waals surface area contributed by atoms with E-state index in [0.29, 0.717) is 10.8 Å². The van der Waals surface area contributed by atoms with Gasteiger partial charge in [-0.05, 0) is 39.0 Å². The number of imide groups is 1. The minimum atomic E-state index is -0.728. The van der Waals surface area contributed by atoms with E-state index in [4.69, 9.17) is 25.8 Å². The quantitative estimate of drug-likeness (QED) is 0.850. The zero-order valence-electron chi connectivity index (χ0n) is 12.7. The number of nitrogens with zero attached hydrogens (tertiary/aromatic N) is 1. The molecule has 1 aromatic carbocycles. The molecule has 2 rings (SSSR count). The fourth-order valence-electron chi connectivity index (χ4n) is 1.82. The number of hydrogen-bond acceptors (Lipinski definition) is 5. The first-order valence-corrected chi connectivity index (χ1v) is 7.22. The molecule has 0 N–H and O–H groups in total. The van der Waals surface area contributed by atoms with Crippen LogP contribution in [0.25, 0.3) is 0 Å². The smallest absolute Gasteiger partial charge is 0.419 e. The molecule has 6 nitrogen and oxygen atoms in total. The molecule has 2 amide bonds. The lowest BCUT2D eigenvalue weighted by atomic mass is 10.2. The zero-order valence-corrected chi connectivity index (χ0v) is 13.4. The van der Waals surface area contributed by atoms with Gasteiger partial charge in [-0.3, -0.25) is 0 Å². The van der Waals surface area contributed by atoms with Gasteiger partial charge in [0.25, 0.3) is 0 Å². The Morgan fingerprint density at radius 3 is 2.82 bits per heavy atom. The minimum absolute atomic E-state index is 0.0916. The Kier molecular flexibility index (Phi) is 4.81. The van der Waals surface area contributed by atoms with E-state index in [1.165, 1.54) is 0 Å². The van der Waals surface area contributed by atoms with Crippen LogP contribution < -0.4 is 4.74 Å². The highest BCUT2D eigenvalue weighted by atomic mass is 35.5. The van der Waals surface area contributed by atoms with Gasteiger partial charge in [0, 0.05) is 5.02 Å². The number of benzene rings is 1. The second-order valence-electron chi connectivity index (χ2n) is 5.87. The van der Waals surface area contributed by atoms with Crippen molar-refractivity contribution in [1.82, 2.24) is 4.90 Å². The normalized spacial score (nSPS) is 18.1. The number of ether oxygens (including phenoxy) is 3. The van der Waals surface area contributed by atoms with E-state index in [1.54, 1.807) is 45.0 Å². The molecular formula is C15H18ClNO5. The highest BCUT2D eigenvalue weighted by Gasteiger charge is 2.38. The molecule has 1 heterocycles. The van der Waals surface area contributed by atoms with Gasteiger partial charge in [-0.1, -0.05) is 17.7 Å². The highest BCUT2D eigenvalue weighted by Crippen LogP contribution is 2.20. The predicted molar refractivity (Wildman–Crippen MR) is 80.2 cm³/mol. The summed E-state index contributed by atoms with van der Waals surface area (Å²) in [4.78, 5) is 24.5. The summed E-state index contributed by atoms with van der Waals surface area (Å²) in [5, 5.41) is 0.552. The van der Waals surface area contributed by atoms with Crippen molar-refractivity contribution in [3.63, 3.8) is 0 Å². The maximum atomic E-state index is 11.9. The largest absolute Gasteiger partial charge is 0.490 e. The van der Waals surface area contributed by atoms with Crippen LogP contribution in [0.4, 0.5) is 9.59 Å². The predicted octanol–water partition coefficient (Wildman–Crippen LogP) is 3.47. The number of rotatable bonds is 3. The molecule has 0 spiro atoms. The van der Waals surface area contributed by atoms with Gasteiger partial charge in [0.05, 0.1) is 6.54 Å². The molecule has 1 aromatic rings. The lowest BCUT2D eigenvalue weighted by molar-refractivity contribution is 0.0339. The van der Waals surface area contributed by atoms with Crippen molar-refractivity contribution in [2.75, 3.05) is 13.2 Å². The van der Waals surface area contributed by atoms with Gasteiger partial charge in [0.15, 0.2) is 6.10 Å². The topological polar surface area (TPSA) is 65.1 Å². The Morgan fingerprint density at radius 1 is 1.45 bits per heavy atom. The summed E-state index contributed by atoms with van der Waals surface area (Å²) in [6, 6.07) is 6.89. The number of cyclic esters (lactones) is 1. The molecular weight excluding hydrogens is 310 g/mol. The van der Waals surface area contributed by atoms with Gasteiger partial charge in [0.2, 0.25) is 0 Å². The number of hydrogen-bond donors (Lipinski definition) is 0. The summed E-state index contributed by atoms with van der Waals surface area (Å²) in [5.41, 5.74) is -0.674. The van der Waals surface area contributed by atoms with Gasteiger partial charge in [-0.15, -0.1) is 0 Å². The lowest BCUT2D eigenvalue weighted by Gasteiger charge is -2.22. The zero-order chi connectivity index (χ0) is 16.3. The van der Waals surface area contributed by atoms with Crippen molar-refractivity contribution in [2.45, 2.75) is 32.5 Å². The Bertz CT molecular complexity index is 569. The van der Waals surface area contributed by atoms with Crippen LogP contribution in [0.5, 0.6) is 5.75 Å². The van der Waals surface area contributed by atoms with E-state index in [0.717, 1.165) is 4.90 Å². The van der Waals surface area contributed by atoms with Crippen LogP contribution in [0.2, 0.25) is 5.02 Å². The van der Waals surface area contributed by atoms with Crippen molar-refractivity contribution in [2.24, 2.45) is 0 Å². The third-order valence-electron chi connectivity index (χ3n) is 2.72. The van der Waals surface area contributed by atoms with E-state index in [9.17, 15) is 9.59 Å². The maximum absolute atomic E-state index is 11.9. The standard InChI is InChI=1S/C15H18ClNO5/c1-15(2,3)22-14(19)17-8-12(21-13(17)18)9-20-11-6-4-5-10(16)7-11/h4-7,12H,8-9H2,1-3H3. The van der Waals surface area contributed by atoms with Crippen LogP contribution in [-0.2, 0) is 9.47 Å². The lowest BCUT2D eigenvalue weighted by Crippen LogP contribution is -2.38. The summed E-state index contributed by atoms with van der Waals surface area (Å²) in [7, 11) is 0. The summed E-state index contributed by atoms with van der Waals surface area (Å²) >= 11 is 5.85. The third kappa shape index (κ3) is 4.53. The van der Waals surface area contributed by atoms with Crippen molar-refractivity contribution >= 4 is 23.8 Å². The average Bonchev–Trinajstić information content (AvgIpc) is 2.76. The highest BCUT2D eigenvalue weighted by molar-refractivity contribution is 6.30. The van der Waals surface area contributed by atoms with Crippen LogP contribution in [0, 0.1) is 0 Å². The average molecular weight is 328 g/mol. The van der Waals surface area contributed by atoms with Crippen molar-refractivity contribution in [1.29, 1.82) is 0 Å². The SMILES string of the molecule is CC(C)(C)OC(=O)N1CC(COc2cccc(Cl)c2)OC1=O. The van der Waals surface area contributed by atoms with E-state index >= 15 is 0 Å². The summed E-state index contributed by atoms with van der Waals surface area (Å²) in [6.07, 6.45) is -1.99. The van der Waals surface area contributed by atoms with Gasteiger partial charge in [0.1, 0.15) is 18.0 Å². The van der Waals surface area contributed by atoms with E-state index in [2.05, 4.69) is 0 Å². The monoisotopic (exact) mass is 327 g/mol. The molecule has 0 bridgehead atoms. The molecule has 0 saturated carbocycles. The van der Waals surface area contributed by atoms with Gasteiger partial charge in [-0.25, -0.2) is 14.5 Å². The number of halogens is 1. The molecule has 1 aliphatic heterocycles. The van der Waals surface area contributed by atoms with Crippen molar-refractivity contribution in [3.05, 3.63) is 29.3 Å². The Balaban J connectivity index is 1.88. The van der Waals surface area contributed by atoms with Crippen LogP contribution in [0.1, 0.15) is 20.8 Å². The second kappa shape index (κ2) is 6.44. The summed E-state index contributed by atoms with van der Waals surface area (Å²) in [6.45, 7) is 5.41. The Labute approximate surface area is 133 Å². The van der Waals surface area contributed by atoms with Crippen LogP contribution in [-0.4, -0.2) is 41.9 Å². The third-order valence-corrected chi connectivity index (χ3v) is 2.96. The van der Waals surface area contributed by atoms with Gasteiger partial charge >= 0.3 is 12.2 Å².